The van der Waals surface area contributed by atoms with Crippen LogP contribution in [0.3, 0.4) is 0 Å². The van der Waals surface area contributed by atoms with E-state index in [2.05, 4.69) is 0 Å². The number of ketones is 2. The number of alkyl halides is 1. The first-order valence-electron chi connectivity index (χ1n) is 15.3. The molecule has 9 heteroatoms. The third-order valence-corrected chi connectivity index (χ3v) is 11.7. The first kappa shape index (κ1) is 29.3. The zero-order valence-corrected chi connectivity index (χ0v) is 24.8. The Balaban J connectivity index is 1.21. The lowest BCUT2D eigenvalue weighted by atomic mass is 9.44. The molecule has 232 valence electrons. The number of nitrogens with two attached hydrogens (primary N) is 1. The Morgan fingerprint density at radius 2 is 1.89 bits per heavy atom. The molecular weight excluding hydrogens is 565 g/mol. The number of halogens is 1. The zero-order chi connectivity index (χ0) is 31.2. The topological polar surface area (TPSA) is 139 Å². The number of aromatic hydroxyl groups is 1. The van der Waals surface area contributed by atoms with Gasteiger partial charge in [0.05, 0.1) is 12.2 Å². The molecule has 0 spiro atoms. The third kappa shape index (κ3) is 3.76. The highest BCUT2D eigenvalue weighted by atomic mass is 19.1. The van der Waals surface area contributed by atoms with Crippen LogP contribution in [-0.2, 0) is 25.5 Å². The lowest BCUT2D eigenvalue weighted by Crippen LogP contribution is -2.69. The van der Waals surface area contributed by atoms with E-state index in [0.29, 0.717) is 48.1 Å². The summed E-state index contributed by atoms with van der Waals surface area (Å²) in [6, 6.07) is 12.5. The number of aliphatic hydroxyl groups is 2. The molecule has 7 rings (SSSR count). The molecule has 0 unspecified atom stereocenters. The SMILES string of the molecule is C[C@]12C=CC(=O)C=C1CC[C@H]1[C@@H]3C[C@H]4O[C@@H](c5ccc(Cc6ccc(N)cc6)c(O)c5)O[C@@]4(C(=O)CO)[C@@]3(C)C[C@H](O)[C@@]12F. The highest BCUT2D eigenvalue weighted by molar-refractivity contribution is 6.01. The van der Waals surface area contributed by atoms with Gasteiger partial charge in [-0.1, -0.05) is 42.8 Å². The molecule has 0 aromatic heterocycles. The van der Waals surface area contributed by atoms with Gasteiger partial charge in [0, 0.05) is 34.4 Å². The number of Topliss-reactive ketones (excluding diaryl/α,β-unsaturated/α-hetero) is 1. The van der Waals surface area contributed by atoms with Crippen LogP contribution in [0.4, 0.5) is 10.1 Å². The molecule has 0 amide bonds. The number of aliphatic hydroxyl groups excluding tert-OH is 2. The Morgan fingerprint density at radius 1 is 1.14 bits per heavy atom. The number of ether oxygens (including phenoxy) is 2. The number of fused-ring (bicyclic) bond motifs is 7. The van der Waals surface area contributed by atoms with Crippen molar-refractivity contribution in [3.8, 4) is 5.75 Å². The Bertz CT molecular complexity index is 1600. The number of hydrogen-bond donors (Lipinski definition) is 4. The Kier molecular flexibility index (Phi) is 6.55. The van der Waals surface area contributed by atoms with Gasteiger partial charge in [0.1, 0.15) is 12.4 Å². The van der Waals surface area contributed by atoms with E-state index in [4.69, 9.17) is 15.2 Å². The van der Waals surface area contributed by atoms with Gasteiger partial charge >= 0.3 is 0 Å². The van der Waals surface area contributed by atoms with Gasteiger partial charge in [-0.3, -0.25) is 9.59 Å². The molecule has 9 atom stereocenters. The maximum Gasteiger partial charge on any atom is 0.193 e. The molecule has 0 radical (unpaired) electrons. The minimum atomic E-state index is -2.06. The molecule has 5 N–H and O–H groups in total. The molecule has 44 heavy (non-hydrogen) atoms. The van der Waals surface area contributed by atoms with Crippen LogP contribution >= 0.6 is 0 Å². The summed E-state index contributed by atoms with van der Waals surface area (Å²) in [5.74, 6) is -1.73. The molecule has 4 aliphatic carbocycles. The van der Waals surface area contributed by atoms with E-state index in [1.165, 1.54) is 12.2 Å². The highest BCUT2D eigenvalue weighted by Gasteiger charge is 2.79. The van der Waals surface area contributed by atoms with E-state index in [1.54, 1.807) is 43.3 Å². The predicted molar refractivity (Wildman–Crippen MR) is 159 cm³/mol. The molecule has 1 aliphatic heterocycles. The quantitative estimate of drug-likeness (QED) is 0.372. The Labute approximate surface area is 255 Å². The standard InChI is InChI=1S/C35H38FNO7/c1-32-12-11-24(39)15-22(32)7-10-25-26-16-30-35(29(42)18-38,33(26,2)17-28(41)34(25,32)36)44-31(43-30)21-6-5-20(27(40)14-21)13-19-3-8-23(37)9-4-19/h3-6,8-9,11-12,14-15,25-26,28,30-31,38,40-41H,7,10,13,16-18,37H2,1-2H3/t25-,26-,28-,30+,31+,32-,33-,34-,35+/m0/s1. The largest absolute Gasteiger partial charge is 0.508 e. The van der Waals surface area contributed by atoms with Crippen LogP contribution in [-0.4, -0.2) is 57.0 Å². The molecule has 2 aromatic rings. The smallest absolute Gasteiger partial charge is 0.193 e. The molecule has 1 saturated heterocycles. The third-order valence-electron chi connectivity index (χ3n) is 11.7. The van der Waals surface area contributed by atoms with E-state index in [9.17, 15) is 24.9 Å². The molecule has 2 aromatic carbocycles. The average Bonchev–Trinajstić information content (AvgIpc) is 3.49. The summed E-state index contributed by atoms with van der Waals surface area (Å²) in [5, 5.41) is 32.8. The number of anilines is 1. The van der Waals surface area contributed by atoms with Crippen LogP contribution in [0.15, 0.2) is 66.3 Å². The van der Waals surface area contributed by atoms with Crippen LogP contribution in [0.1, 0.15) is 62.5 Å². The molecule has 1 heterocycles. The number of allylic oxidation sites excluding steroid dienone is 4. The van der Waals surface area contributed by atoms with Crippen LogP contribution < -0.4 is 5.73 Å². The number of benzene rings is 2. The van der Waals surface area contributed by atoms with E-state index >= 15 is 4.39 Å². The number of phenolic OH excluding ortho intramolecular Hbond substituents is 1. The van der Waals surface area contributed by atoms with Gasteiger partial charge in [0.2, 0.25) is 0 Å². The van der Waals surface area contributed by atoms with Crippen molar-refractivity contribution in [1.82, 2.24) is 0 Å². The number of hydrogen-bond acceptors (Lipinski definition) is 8. The fourth-order valence-electron chi connectivity index (χ4n) is 9.45. The van der Waals surface area contributed by atoms with Crippen molar-refractivity contribution >= 4 is 17.3 Å². The fourth-order valence-corrected chi connectivity index (χ4v) is 9.45. The summed E-state index contributed by atoms with van der Waals surface area (Å²) >= 11 is 0. The fraction of sp³-hybridized carbons (Fsp3) is 0.486. The van der Waals surface area contributed by atoms with Crippen molar-refractivity contribution in [3.63, 3.8) is 0 Å². The molecular formula is C35H38FNO7. The minimum Gasteiger partial charge on any atom is -0.508 e. The summed E-state index contributed by atoms with van der Waals surface area (Å²) in [7, 11) is 0. The van der Waals surface area contributed by atoms with E-state index < -0.39 is 64.8 Å². The number of phenols is 1. The van der Waals surface area contributed by atoms with Crippen LogP contribution in [0.2, 0.25) is 0 Å². The number of carbonyl (C=O) groups excluding carboxylic acids is 2. The van der Waals surface area contributed by atoms with Gasteiger partial charge in [-0.2, -0.15) is 0 Å². The van der Waals surface area contributed by atoms with E-state index in [1.807, 2.05) is 19.1 Å². The van der Waals surface area contributed by atoms with Crippen molar-refractivity contribution in [2.75, 3.05) is 12.3 Å². The number of carbonyl (C=O) groups is 2. The van der Waals surface area contributed by atoms with Gasteiger partial charge in [0.15, 0.2) is 29.1 Å². The first-order chi connectivity index (χ1) is 20.9. The summed E-state index contributed by atoms with van der Waals surface area (Å²) in [6.07, 6.45) is 2.82. The van der Waals surface area contributed by atoms with Gasteiger partial charge in [-0.15, -0.1) is 0 Å². The van der Waals surface area contributed by atoms with Crippen molar-refractivity contribution in [2.24, 2.45) is 22.7 Å². The normalized spacial score (nSPS) is 40.5. The zero-order valence-electron chi connectivity index (χ0n) is 24.8. The second kappa shape index (κ2) is 9.81. The van der Waals surface area contributed by atoms with Crippen LogP contribution in [0, 0.1) is 22.7 Å². The highest BCUT2D eigenvalue weighted by Crippen LogP contribution is 2.72. The lowest BCUT2D eigenvalue weighted by Gasteiger charge is -2.62. The van der Waals surface area contributed by atoms with Crippen molar-refractivity contribution in [3.05, 3.63) is 83.0 Å². The molecule has 3 saturated carbocycles. The van der Waals surface area contributed by atoms with Crippen molar-refractivity contribution in [1.29, 1.82) is 0 Å². The predicted octanol–water partition coefficient (Wildman–Crippen LogP) is 4.26. The molecule has 5 aliphatic rings. The second-order valence-corrected chi connectivity index (χ2v) is 13.7. The summed E-state index contributed by atoms with van der Waals surface area (Å²) in [5.41, 5.74) is 3.41. The minimum absolute atomic E-state index is 0.0452. The van der Waals surface area contributed by atoms with Crippen LogP contribution in [0.5, 0.6) is 5.75 Å². The summed E-state index contributed by atoms with van der Waals surface area (Å²) < 4.78 is 30.5. The monoisotopic (exact) mass is 603 g/mol. The Morgan fingerprint density at radius 3 is 2.59 bits per heavy atom. The number of rotatable bonds is 5. The van der Waals surface area contributed by atoms with Gasteiger partial charge in [-0.25, -0.2) is 4.39 Å². The molecule has 0 bridgehead atoms. The van der Waals surface area contributed by atoms with E-state index in [0.717, 1.165) is 5.56 Å². The summed E-state index contributed by atoms with van der Waals surface area (Å²) in [4.78, 5) is 25.9. The maximum atomic E-state index is 17.5. The van der Waals surface area contributed by atoms with Crippen molar-refractivity contribution < 1.29 is 38.8 Å². The average molecular weight is 604 g/mol. The second-order valence-electron chi connectivity index (χ2n) is 13.7. The molecule has 4 fully saturated rings. The maximum absolute atomic E-state index is 17.5. The Hall–Kier alpha value is -3.37. The van der Waals surface area contributed by atoms with E-state index in [-0.39, 0.29) is 18.0 Å². The van der Waals surface area contributed by atoms with Gasteiger partial charge in [-0.05, 0) is 80.0 Å². The van der Waals surface area contributed by atoms with Gasteiger partial charge < -0.3 is 30.5 Å². The molecule has 8 nitrogen and oxygen atoms in total. The number of nitrogen functional groups attached to an aromatic ring is 1. The first-order valence-corrected chi connectivity index (χ1v) is 15.3. The van der Waals surface area contributed by atoms with Gasteiger partial charge in [0.25, 0.3) is 0 Å². The van der Waals surface area contributed by atoms with Crippen molar-refractivity contribution in [2.45, 2.75) is 75.7 Å². The van der Waals surface area contributed by atoms with Crippen LogP contribution in [0.25, 0.3) is 0 Å². The summed E-state index contributed by atoms with van der Waals surface area (Å²) in [6.45, 7) is 2.80. The lowest BCUT2D eigenvalue weighted by molar-refractivity contribution is -0.231.